The molecule has 0 radical (unpaired) electrons. The molecule has 0 atom stereocenters. The van der Waals surface area contributed by atoms with Crippen molar-refractivity contribution in [2.75, 3.05) is 14.2 Å². The van der Waals surface area contributed by atoms with Gasteiger partial charge in [0, 0.05) is 14.2 Å². The summed E-state index contributed by atoms with van der Waals surface area (Å²) in [6, 6.07) is 16.6. The molecular formula is C18H23ClO3. The molecule has 0 saturated heterocycles. The van der Waals surface area contributed by atoms with E-state index >= 15 is 0 Å². The lowest BCUT2D eigenvalue weighted by molar-refractivity contribution is 0.107. The molecule has 0 fully saturated rings. The largest absolute Gasteiger partial charge is 0.380 e. The standard InChI is InChI=1S/C18H22O3.ClH/c1-19-11-15-3-7-17(8-4-15)13-21-14-18-9-5-16(6-10-18)12-20-2;/h3-10H,11-14H2,1-2H3;1H. The minimum Gasteiger partial charge on any atom is -0.380 e. The number of methoxy groups -OCH3 is 2. The van der Waals surface area contributed by atoms with Gasteiger partial charge in [0.1, 0.15) is 0 Å². The molecule has 2 aromatic carbocycles. The van der Waals surface area contributed by atoms with E-state index in [9.17, 15) is 0 Å². The molecule has 0 bridgehead atoms. The summed E-state index contributed by atoms with van der Waals surface area (Å²) in [5.74, 6) is 0. The summed E-state index contributed by atoms with van der Waals surface area (Å²) in [6.45, 7) is 2.53. The summed E-state index contributed by atoms with van der Waals surface area (Å²) in [5, 5.41) is 0. The van der Waals surface area contributed by atoms with Crippen LogP contribution in [0.5, 0.6) is 0 Å². The second-order valence-corrected chi connectivity index (χ2v) is 4.99. The maximum Gasteiger partial charge on any atom is 0.0721 e. The van der Waals surface area contributed by atoms with Gasteiger partial charge in [0.2, 0.25) is 0 Å². The summed E-state index contributed by atoms with van der Waals surface area (Å²) < 4.78 is 15.9. The van der Waals surface area contributed by atoms with Crippen LogP contribution in [0, 0.1) is 0 Å². The zero-order valence-electron chi connectivity index (χ0n) is 13.1. The molecule has 0 saturated carbocycles. The van der Waals surface area contributed by atoms with Crippen LogP contribution in [0.2, 0.25) is 0 Å². The van der Waals surface area contributed by atoms with Crippen molar-refractivity contribution in [1.82, 2.24) is 0 Å². The Bertz CT molecular complexity index is 474. The van der Waals surface area contributed by atoms with Gasteiger partial charge in [-0.2, -0.15) is 0 Å². The maximum atomic E-state index is 5.74. The molecule has 4 heteroatoms. The molecule has 120 valence electrons. The number of ether oxygens (including phenoxy) is 3. The molecular weight excluding hydrogens is 300 g/mol. The van der Waals surface area contributed by atoms with Crippen LogP contribution in [0.1, 0.15) is 22.3 Å². The molecule has 0 heterocycles. The van der Waals surface area contributed by atoms with Gasteiger partial charge in [-0.3, -0.25) is 0 Å². The van der Waals surface area contributed by atoms with Crippen molar-refractivity contribution >= 4 is 12.4 Å². The summed E-state index contributed by atoms with van der Waals surface area (Å²) in [4.78, 5) is 0. The fourth-order valence-corrected chi connectivity index (χ4v) is 2.08. The van der Waals surface area contributed by atoms with Crippen LogP contribution in [-0.2, 0) is 40.6 Å². The fourth-order valence-electron chi connectivity index (χ4n) is 2.08. The minimum atomic E-state index is 0. The number of rotatable bonds is 8. The molecule has 0 aliphatic rings. The van der Waals surface area contributed by atoms with E-state index < -0.39 is 0 Å². The molecule has 22 heavy (non-hydrogen) atoms. The van der Waals surface area contributed by atoms with E-state index in [1.807, 2.05) is 0 Å². The first kappa shape index (κ1) is 18.7. The van der Waals surface area contributed by atoms with Crippen LogP contribution in [0.25, 0.3) is 0 Å². The molecule has 0 aliphatic heterocycles. The van der Waals surface area contributed by atoms with Gasteiger partial charge >= 0.3 is 0 Å². The van der Waals surface area contributed by atoms with Gasteiger partial charge in [0.25, 0.3) is 0 Å². The van der Waals surface area contributed by atoms with Crippen molar-refractivity contribution in [3.05, 3.63) is 70.8 Å². The van der Waals surface area contributed by atoms with Crippen LogP contribution in [0.3, 0.4) is 0 Å². The molecule has 0 aromatic heterocycles. The van der Waals surface area contributed by atoms with Gasteiger partial charge in [-0.1, -0.05) is 48.5 Å². The van der Waals surface area contributed by atoms with Crippen molar-refractivity contribution in [2.45, 2.75) is 26.4 Å². The summed E-state index contributed by atoms with van der Waals surface area (Å²) in [6.07, 6.45) is 0. The molecule has 2 aromatic rings. The van der Waals surface area contributed by atoms with Crippen molar-refractivity contribution in [3.8, 4) is 0 Å². The first-order chi connectivity index (χ1) is 10.3. The Kier molecular flexibility index (Phi) is 8.78. The Morgan fingerprint density at radius 2 is 0.818 bits per heavy atom. The lowest BCUT2D eigenvalue weighted by Gasteiger charge is -2.07. The second-order valence-electron chi connectivity index (χ2n) is 4.99. The SMILES string of the molecule is COCc1ccc(COCc2ccc(COC)cc2)cc1.Cl. The highest BCUT2D eigenvalue weighted by molar-refractivity contribution is 5.85. The first-order valence-corrected chi connectivity index (χ1v) is 7.03. The number of hydrogen-bond donors (Lipinski definition) is 0. The van der Waals surface area contributed by atoms with Crippen LogP contribution in [-0.4, -0.2) is 14.2 Å². The van der Waals surface area contributed by atoms with E-state index in [0.29, 0.717) is 26.4 Å². The molecule has 2 rings (SSSR count). The fraction of sp³-hybridized carbons (Fsp3) is 0.333. The lowest BCUT2D eigenvalue weighted by Crippen LogP contribution is -1.96. The summed E-state index contributed by atoms with van der Waals surface area (Å²) >= 11 is 0. The average Bonchev–Trinajstić information content (AvgIpc) is 2.51. The smallest absolute Gasteiger partial charge is 0.0721 e. The van der Waals surface area contributed by atoms with Gasteiger partial charge < -0.3 is 14.2 Å². The molecule has 0 aliphatic carbocycles. The Balaban J connectivity index is 0.00000242. The highest BCUT2D eigenvalue weighted by atomic mass is 35.5. The number of hydrogen-bond acceptors (Lipinski definition) is 3. The molecule has 0 unspecified atom stereocenters. The van der Waals surface area contributed by atoms with E-state index in [2.05, 4.69) is 48.5 Å². The number of benzene rings is 2. The maximum absolute atomic E-state index is 5.74. The van der Waals surface area contributed by atoms with Crippen molar-refractivity contribution in [3.63, 3.8) is 0 Å². The average molecular weight is 323 g/mol. The Hall–Kier alpha value is -1.39. The van der Waals surface area contributed by atoms with Crippen LogP contribution >= 0.6 is 12.4 Å². The van der Waals surface area contributed by atoms with Crippen LogP contribution < -0.4 is 0 Å². The van der Waals surface area contributed by atoms with E-state index in [1.54, 1.807) is 14.2 Å². The highest BCUT2D eigenvalue weighted by Crippen LogP contribution is 2.10. The van der Waals surface area contributed by atoms with Crippen molar-refractivity contribution in [2.24, 2.45) is 0 Å². The van der Waals surface area contributed by atoms with E-state index in [4.69, 9.17) is 14.2 Å². The topological polar surface area (TPSA) is 27.7 Å². The van der Waals surface area contributed by atoms with E-state index in [0.717, 1.165) is 0 Å². The zero-order chi connectivity index (χ0) is 14.9. The summed E-state index contributed by atoms with van der Waals surface area (Å²) in [7, 11) is 3.41. The lowest BCUT2D eigenvalue weighted by atomic mass is 10.1. The minimum absolute atomic E-state index is 0. The Morgan fingerprint density at radius 1 is 0.545 bits per heavy atom. The first-order valence-electron chi connectivity index (χ1n) is 7.03. The molecule has 0 amide bonds. The third-order valence-electron chi connectivity index (χ3n) is 3.21. The van der Waals surface area contributed by atoms with Crippen LogP contribution in [0.15, 0.2) is 48.5 Å². The van der Waals surface area contributed by atoms with E-state index in [-0.39, 0.29) is 12.4 Å². The van der Waals surface area contributed by atoms with Gasteiger partial charge in [0.05, 0.1) is 26.4 Å². The van der Waals surface area contributed by atoms with Crippen molar-refractivity contribution < 1.29 is 14.2 Å². The zero-order valence-corrected chi connectivity index (χ0v) is 13.9. The normalized spacial score (nSPS) is 10.3. The van der Waals surface area contributed by atoms with Gasteiger partial charge in [-0.05, 0) is 22.3 Å². The molecule has 0 N–H and O–H groups in total. The third-order valence-corrected chi connectivity index (χ3v) is 3.21. The number of halogens is 1. The van der Waals surface area contributed by atoms with Gasteiger partial charge in [-0.25, -0.2) is 0 Å². The second kappa shape index (κ2) is 10.4. The Labute approximate surface area is 138 Å². The molecule has 0 spiro atoms. The van der Waals surface area contributed by atoms with Gasteiger partial charge in [0.15, 0.2) is 0 Å². The Morgan fingerprint density at radius 3 is 1.09 bits per heavy atom. The van der Waals surface area contributed by atoms with Gasteiger partial charge in [-0.15, -0.1) is 12.4 Å². The monoisotopic (exact) mass is 322 g/mol. The predicted molar refractivity (Wildman–Crippen MR) is 90.1 cm³/mol. The molecule has 3 nitrogen and oxygen atoms in total. The summed E-state index contributed by atoms with van der Waals surface area (Å²) in [5.41, 5.74) is 4.70. The van der Waals surface area contributed by atoms with E-state index in [1.165, 1.54) is 22.3 Å². The third kappa shape index (κ3) is 6.16. The predicted octanol–water partition coefficient (Wildman–Crippen LogP) is 4.12. The highest BCUT2D eigenvalue weighted by Gasteiger charge is 1.98. The van der Waals surface area contributed by atoms with Crippen LogP contribution in [0.4, 0.5) is 0 Å². The quantitative estimate of drug-likeness (QED) is 0.731. The van der Waals surface area contributed by atoms with Crippen molar-refractivity contribution in [1.29, 1.82) is 0 Å².